The van der Waals surface area contributed by atoms with Gasteiger partial charge in [-0.25, -0.2) is 8.42 Å². The van der Waals surface area contributed by atoms with Crippen LogP contribution < -0.4 is 0 Å². The first-order valence-electron chi connectivity index (χ1n) is 7.58. The van der Waals surface area contributed by atoms with E-state index in [1.165, 1.54) is 0 Å². The fourth-order valence-corrected chi connectivity index (χ4v) is 4.00. The Kier molecular flexibility index (Phi) is 4.16. The molecule has 7 nitrogen and oxygen atoms in total. The molecule has 0 aliphatic heterocycles. The number of nitrogens with zero attached hydrogens (tertiary/aromatic N) is 2. The zero-order chi connectivity index (χ0) is 17.4. The van der Waals surface area contributed by atoms with Crippen LogP contribution in [0.5, 0.6) is 0 Å². The summed E-state index contributed by atoms with van der Waals surface area (Å²) in [5.41, 5.74) is 1.87. The maximum Gasteiger partial charge on any atom is 0.327 e. The average Bonchev–Trinajstić information content (AvgIpc) is 2.92. The highest BCUT2D eigenvalue weighted by Gasteiger charge is 2.54. The van der Waals surface area contributed by atoms with Crippen molar-refractivity contribution < 1.29 is 22.4 Å². The third kappa shape index (κ3) is 2.93. The van der Waals surface area contributed by atoms with Gasteiger partial charge in [-0.1, -0.05) is 17.7 Å². The zero-order valence-electron chi connectivity index (χ0n) is 13.5. The number of hydrogen-bond donors (Lipinski definition) is 0. The largest absolute Gasteiger partial charge is 0.454 e. The van der Waals surface area contributed by atoms with Crippen LogP contribution in [-0.4, -0.2) is 35.6 Å². The second-order valence-electron chi connectivity index (χ2n) is 6.06. The van der Waals surface area contributed by atoms with E-state index in [9.17, 15) is 13.2 Å². The van der Waals surface area contributed by atoms with Gasteiger partial charge in [0.2, 0.25) is 5.89 Å². The number of rotatable bonds is 5. The summed E-state index contributed by atoms with van der Waals surface area (Å²) >= 11 is 0. The number of aryl methyl sites for hydroxylation is 1. The maximum absolute atomic E-state index is 12.2. The molecule has 1 heterocycles. The minimum Gasteiger partial charge on any atom is -0.454 e. The van der Waals surface area contributed by atoms with E-state index >= 15 is 0 Å². The van der Waals surface area contributed by atoms with Gasteiger partial charge in [0, 0.05) is 11.8 Å². The number of esters is 1. The van der Waals surface area contributed by atoms with Crippen LogP contribution in [0.25, 0.3) is 11.5 Å². The smallest absolute Gasteiger partial charge is 0.327 e. The van der Waals surface area contributed by atoms with Crippen molar-refractivity contribution >= 4 is 15.8 Å². The Bertz CT molecular complexity index is 851. The number of carbonyl (C=O) groups excluding carboxylic acids is 1. The van der Waals surface area contributed by atoms with Gasteiger partial charge in [0.15, 0.2) is 21.2 Å². The summed E-state index contributed by atoms with van der Waals surface area (Å²) in [4.78, 5) is 12.2. The van der Waals surface area contributed by atoms with E-state index in [1.807, 2.05) is 31.2 Å². The highest BCUT2D eigenvalue weighted by atomic mass is 32.2. The number of sulfone groups is 1. The maximum atomic E-state index is 12.2. The van der Waals surface area contributed by atoms with E-state index in [-0.39, 0.29) is 12.5 Å². The lowest BCUT2D eigenvalue weighted by molar-refractivity contribution is -0.151. The summed E-state index contributed by atoms with van der Waals surface area (Å²) in [6.45, 7) is 1.73. The molecule has 1 fully saturated rings. The van der Waals surface area contributed by atoms with Crippen molar-refractivity contribution in [2.24, 2.45) is 0 Å². The zero-order valence-corrected chi connectivity index (χ0v) is 14.3. The fraction of sp³-hybridized carbons (Fsp3) is 0.438. The Morgan fingerprint density at radius 2 is 1.92 bits per heavy atom. The average molecular weight is 350 g/mol. The van der Waals surface area contributed by atoms with Gasteiger partial charge in [-0.05, 0) is 38.3 Å². The molecule has 0 unspecified atom stereocenters. The molecular weight excluding hydrogens is 332 g/mol. The van der Waals surface area contributed by atoms with Crippen LogP contribution in [0.15, 0.2) is 28.7 Å². The molecular formula is C16H18N2O5S. The summed E-state index contributed by atoms with van der Waals surface area (Å²) in [7, 11) is -3.51. The highest BCUT2D eigenvalue weighted by Crippen LogP contribution is 2.40. The number of ether oxygens (including phenoxy) is 1. The molecule has 1 aromatic carbocycles. The SMILES string of the molecule is Cc1ccc(-c2nnc(COC(=O)C3(S(C)(=O)=O)CCC3)o2)cc1. The van der Waals surface area contributed by atoms with Gasteiger partial charge < -0.3 is 9.15 Å². The van der Waals surface area contributed by atoms with Crippen molar-refractivity contribution in [1.29, 1.82) is 0 Å². The van der Waals surface area contributed by atoms with Gasteiger partial charge in [0.1, 0.15) is 0 Å². The Morgan fingerprint density at radius 1 is 1.25 bits per heavy atom. The first-order valence-corrected chi connectivity index (χ1v) is 9.47. The van der Waals surface area contributed by atoms with Gasteiger partial charge >= 0.3 is 5.97 Å². The van der Waals surface area contributed by atoms with Crippen LogP contribution >= 0.6 is 0 Å². The van der Waals surface area contributed by atoms with Crippen molar-refractivity contribution in [3.63, 3.8) is 0 Å². The van der Waals surface area contributed by atoms with E-state index < -0.39 is 20.6 Å². The van der Waals surface area contributed by atoms with Crippen LogP contribution in [0, 0.1) is 6.92 Å². The molecule has 8 heteroatoms. The van der Waals surface area contributed by atoms with E-state index in [0.717, 1.165) is 17.4 Å². The highest BCUT2D eigenvalue weighted by molar-refractivity contribution is 7.92. The molecule has 0 atom stereocenters. The van der Waals surface area contributed by atoms with Crippen molar-refractivity contribution in [1.82, 2.24) is 10.2 Å². The second kappa shape index (κ2) is 6.01. The van der Waals surface area contributed by atoms with Gasteiger partial charge in [0.05, 0.1) is 0 Å². The third-order valence-corrected chi connectivity index (χ3v) is 6.33. The van der Waals surface area contributed by atoms with Gasteiger partial charge in [-0.3, -0.25) is 4.79 Å². The molecule has 1 saturated carbocycles. The monoisotopic (exact) mass is 350 g/mol. The Morgan fingerprint density at radius 3 is 2.46 bits per heavy atom. The van der Waals surface area contributed by atoms with Crippen molar-refractivity contribution in [2.75, 3.05) is 6.26 Å². The molecule has 0 amide bonds. The fourth-order valence-electron chi connectivity index (χ4n) is 2.61. The number of carbonyl (C=O) groups is 1. The molecule has 128 valence electrons. The minimum absolute atomic E-state index is 0.127. The summed E-state index contributed by atoms with van der Waals surface area (Å²) in [5.74, 6) is -0.296. The topological polar surface area (TPSA) is 99.4 Å². The first kappa shape index (κ1) is 16.6. The summed E-state index contributed by atoms with van der Waals surface area (Å²) in [6.07, 6.45) is 2.35. The minimum atomic E-state index is -3.51. The summed E-state index contributed by atoms with van der Waals surface area (Å²) < 4.78 is 32.9. The predicted octanol–water partition coefficient (Wildman–Crippen LogP) is 2.06. The molecule has 0 N–H and O–H groups in total. The molecule has 1 aliphatic carbocycles. The molecule has 24 heavy (non-hydrogen) atoms. The van der Waals surface area contributed by atoms with Gasteiger partial charge in [-0.2, -0.15) is 0 Å². The molecule has 1 aliphatic rings. The van der Waals surface area contributed by atoms with Crippen molar-refractivity contribution in [2.45, 2.75) is 37.5 Å². The molecule has 0 bridgehead atoms. The normalized spacial score (nSPS) is 16.4. The number of hydrogen-bond acceptors (Lipinski definition) is 7. The third-order valence-electron chi connectivity index (χ3n) is 4.34. The van der Waals surface area contributed by atoms with E-state index in [2.05, 4.69) is 10.2 Å². The lowest BCUT2D eigenvalue weighted by Gasteiger charge is -2.36. The van der Waals surface area contributed by atoms with E-state index in [1.54, 1.807) is 0 Å². The molecule has 3 rings (SSSR count). The van der Waals surface area contributed by atoms with Crippen molar-refractivity contribution in [3.8, 4) is 11.5 Å². The van der Waals surface area contributed by atoms with E-state index in [4.69, 9.17) is 9.15 Å². The Hall–Kier alpha value is -2.22. The van der Waals surface area contributed by atoms with Gasteiger partial charge in [-0.15, -0.1) is 10.2 Å². The van der Waals surface area contributed by atoms with Crippen LogP contribution in [0.1, 0.15) is 30.7 Å². The predicted molar refractivity (Wildman–Crippen MR) is 85.7 cm³/mol. The van der Waals surface area contributed by atoms with Crippen molar-refractivity contribution in [3.05, 3.63) is 35.7 Å². The molecule has 1 aromatic heterocycles. The molecule has 0 spiro atoms. The first-order chi connectivity index (χ1) is 11.3. The van der Waals surface area contributed by atoms with Crippen LogP contribution in [0.3, 0.4) is 0 Å². The number of benzene rings is 1. The summed E-state index contributed by atoms with van der Waals surface area (Å²) in [6, 6.07) is 7.55. The second-order valence-corrected chi connectivity index (χ2v) is 8.39. The number of aromatic nitrogens is 2. The Balaban J connectivity index is 1.67. The van der Waals surface area contributed by atoms with Gasteiger partial charge in [0.25, 0.3) is 5.89 Å². The van der Waals surface area contributed by atoms with Crippen LogP contribution in [0.4, 0.5) is 0 Å². The lowest BCUT2D eigenvalue weighted by atomic mass is 9.84. The molecule has 2 aromatic rings. The summed E-state index contributed by atoms with van der Waals surface area (Å²) in [5, 5.41) is 7.74. The molecule has 0 radical (unpaired) electrons. The Labute approximate surface area is 140 Å². The lowest BCUT2D eigenvalue weighted by Crippen LogP contribution is -2.52. The van der Waals surface area contributed by atoms with Crippen LogP contribution in [0.2, 0.25) is 0 Å². The standard InChI is InChI=1S/C16H18N2O5S/c1-11-4-6-12(7-5-11)14-18-17-13(23-14)10-22-15(19)16(8-3-9-16)24(2,20)21/h4-7H,3,8-10H2,1-2H3. The van der Waals surface area contributed by atoms with E-state index in [0.29, 0.717) is 25.2 Å². The molecule has 0 saturated heterocycles. The van der Waals surface area contributed by atoms with Crippen LogP contribution in [-0.2, 0) is 26.0 Å². The quantitative estimate of drug-likeness (QED) is 0.761.